The Kier molecular flexibility index (Phi) is 3.87. The largest absolute Gasteiger partial charge is 0.384 e. The number of benzene rings is 2. The van der Waals surface area contributed by atoms with Crippen LogP contribution in [-0.4, -0.2) is 5.11 Å². The Balaban J connectivity index is 2.48. The molecule has 1 nitrogen and oxygen atoms in total. The second kappa shape index (κ2) is 5.21. The van der Waals surface area contributed by atoms with Crippen LogP contribution in [0, 0.1) is 6.92 Å². The molecule has 0 saturated heterocycles. The maximum atomic E-state index is 10.3. The first kappa shape index (κ1) is 12.6. The summed E-state index contributed by atoms with van der Waals surface area (Å²) in [6.45, 7) is 1.97. The number of hydrogen-bond acceptors (Lipinski definition) is 1. The molecule has 0 heterocycles. The molecule has 0 aliphatic rings. The Morgan fingerprint density at radius 3 is 2.47 bits per heavy atom. The highest BCUT2D eigenvalue weighted by atomic mass is 79.9. The van der Waals surface area contributed by atoms with Crippen molar-refractivity contribution in [1.82, 2.24) is 0 Å². The first-order valence-electron chi connectivity index (χ1n) is 5.28. The molecule has 0 saturated carbocycles. The summed E-state index contributed by atoms with van der Waals surface area (Å²) < 4.78 is 0.809. The molecule has 0 aliphatic heterocycles. The Labute approximate surface area is 114 Å². The lowest BCUT2D eigenvalue weighted by molar-refractivity contribution is 0.220. The van der Waals surface area contributed by atoms with Crippen LogP contribution >= 0.6 is 27.5 Å². The zero-order valence-electron chi connectivity index (χ0n) is 9.32. The maximum Gasteiger partial charge on any atom is 0.106 e. The molecule has 0 amide bonds. The van der Waals surface area contributed by atoms with Crippen molar-refractivity contribution in [3.05, 3.63) is 68.7 Å². The fourth-order valence-corrected chi connectivity index (χ4v) is 2.57. The summed E-state index contributed by atoms with van der Waals surface area (Å²) in [6.07, 6.45) is -0.695. The fourth-order valence-electron chi connectivity index (χ4n) is 1.77. The van der Waals surface area contributed by atoms with Gasteiger partial charge in [-0.05, 0) is 40.0 Å². The van der Waals surface area contributed by atoms with Crippen LogP contribution in [0.25, 0.3) is 0 Å². The van der Waals surface area contributed by atoms with Gasteiger partial charge < -0.3 is 5.11 Å². The molecule has 2 aromatic carbocycles. The van der Waals surface area contributed by atoms with Crippen LogP contribution in [0.3, 0.4) is 0 Å². The van der Waals surface area contributed by atoms with Crippen molar-refractivity contribution < 1.29 is 5.11 Å². The van der Waals surface area contributed by atoms with Gasteiger partial charge in [0.1, 0.15) is 6.10 Å². The lowest BCUT2D eigenvalue weighted by atomic mass is 10.00. The molecule has 88 valence electrons. The third-order valence-corrected chi connectivity index (χ3v) is 3.89. The van der Waals surface area contributed by atoms with E-state index in [4.69, 9.17) is 11.6 Å². The number of aryl methyl sites for hydroxylation is 1. The van der Waals surface area contributed by atoms with Gasteiger partial charge in [0.2, 0.25) is 0 Å². The maximum absolute atomic E-state index is 10.3. The van der Waals surface area contributed by atoms with E-state index in [9.17, 15) is 5.11 Å². The topological polar surface area (TPSA) is 20.2 Å². The van der Waals surface area contributed by atoms with Gasteiger partial charge in [0.15, 0.2) is 0 Å². The van der Waals surface area contributed by atoms with Crippen molar-refractivity contribution in [3.63, 3.8) is 0 Å². The minimum Gasteiger partial charge on any atom is -0.384 e. The van der Waals surface area contributed by atoms with E-state index >= 15 is 0 Å². The van der Waals surface area contributed by atoms with Gasteiger partial charge in [0, 0.05) is 10.0 Å². The summed E-state index contributed by atoms with van der Waals surface area (Å²) >= 11 is 9.60. The number of rotatable bonds is 2. The monoisotopic (exact) mass is 310 g/mol. The second-order valence-corrected chi connectivity index (χ2v) is 5.20. The molecule has 2 aromatic rings. The van der Waals surface area contributed by atoms with E-state index in [-0.39, 0.29) is 0 Å². The summed E-state index contributed by atoms with van der Waals surface area (Å²) in [5, 5.41) is 10.9. The quantitative estimate of drug-likeness (QED) is 0.866. The standard InChI is InChI=1S/C14H12BrClO/c1-9-7-11(13(16)12(15)8-9)14(17)10-5-3-2-4-6-10/h2-8,14,17H,1H3. The lowest BCUT2D eigenvalue weighted by Crippen LogP contribution is -2.01. The van der Waals surface area contributed by atoms with Crippen LogP contribution in [-0.2, 0) is 0 Å². The lowest BCUT2D eigenvalue weighted by Gasteiger charge is -2.15. The smallest absolute Gasteiger partial charge is 0.106 e. The molecule has 3 heteroatoms. The number of hydrogen-bond donors (Lipinski definition) is 1. The third-order valence-electron chi connectivity index (χ3n) is 2.61. The normalized spacial score (nSPS) is 12.5. The predicted molar refractivity (Wildman–Crippen MR) is 74.4 cm³/mol. The molecular formula is C14H12BrClO. The SMILES string of the molecule is Cc1cc(Br)c(Cl)c(C(O)c2ccccc2)c1. The highest BCUT2D eigenvalue weighted by Gasteiger charge is 2.15. The Morgan fingerprint density at radius 1 is 1.18 bits per heavy atom. The zero-order chi connectivity index (χ0) is 12.4. The predicted octanol–water partition coefficient (Wildman–Crippen LogP) is 4.49. The van der Waals surface area contributed by atoms with Gasteiger partial charge in [-0.25, -0.2) is 0 Å². The highest BCUT2D eigenvalue weighted by molar-refractivity contribution is 9.10. The van der Waals surface area contributed by atoms with Crippen LogP contribution in [0.5, 0.6) is 0 Å². The van der Waals surface area contributed by atoms with E-state index in [0.717, 1.165) is 21.2 Å². The van der Waals surface area contributed by atoms with Crippen molar-refractivity contribution in [3.8, 4) is 0 Å². The summed E-state index contributed by atoms with van der Waals surface area (Å²) in [5.41, 5.74) is 2.63. The minimum atomic E-state index is -0.695. The van der Waals surface area contributed by atoms with E-state index < -0.39 is 6.10 Å². The van der Waals surface area contributed by atoms with E-state index in [1.165, 1.54) is 0 Å². The average molecular weight is 312 g/mol. The van der Waals surface area contributed by atoms with Crippen LogP contribution in [0.2, 0.25) is 5.02 Å². The van der Waals surface area contributed by atoms with Gasteiger partial charge in [0.25, 0.3) is 0 Å². The van der Waals surface area contributed by atoms with Crippen LogP contribution < -0.4 is 0 Å². The third kappa shape index (κ3) is 2.71. The van der Waals surface area contributed by atoms with Gasteiger partial charge in [-0.15, -0.1) is 0 Å². The Bertz CT molecular complexity index is 525. The second-order valence-electron chi connectivity index (χ2n) is 3.96. The number of aliphatic hydroxyl groups is 1. The zero-order valence-corrected chi connectivity index (χ0v) is 11.7. The van der Waals surface area contributed by atoms with Crippen LogP contribution in [0.15, 0.2) is 46.9 Å². The fraction of sp³-hybridized carbons (Fsp3) is 0.143. The van der Waals surface area contributed by atoms with Gasteiger partial charge in [-0.2, -0.15) is 0 Å². The molecule has 1 N–H and O–H groups in total. The van der Waals surface area contributed by atoms with Crippen LogP contribution in [0.1, 0.15) is 22.8 Å². The summed E-state index contributed by atoms with van der Waals surface area (Å²) in [4.78, 5) is 0. The number of aliphatic hydroxyl groups excluding tert-OH is 1. The van der Waals surface area contributed by atoms with Crippen molar-refractivity contribution in [2.75, 3.05) is 0 Å². The van der Waals surface area contributed by atoms with Gasteiger partial charge >= 0.3 is 0 Å². The molecule has 0 aliphatic carbocycles. The molecule has 0 aromatic heterocycles. The van der Waals surface area contributed by atoms with E-state index in [0.29, 0.717) is 5.02 Å². The molecule has 2 rings (SSSR count). The molecular weight excluding hydrogens is 300 g/mol. The van der Waals surface area contributed by atoms with Crippen LogP contribution in [0.4, 0.5) is 0 Å². The van der Waals surface area contributed by atoms with Crippen molar-refractivity contribution >= 4 is 27.5 Å². The summed E-state index contributed by atoms with van der Waals surface area (Å²) in [5.74, 6) is 0. The molecule has 0 bridgehead atoms. The molecule has 1 unspecified atom stereocenters. The van der Waals surface area contributed by atoms with Gasteiger partial charge in [0.05, 0.1) is 5.02 Å². The van der Waals surface area contributed by atoms with Crippen molar-refractivity contribution in [1.29, 1.82) is 0 Å². The van der Waals surface area contributed by atoms with E-state index in [2.05, 4.69) is 15.9 Å². The van der Waals surface area contributed by atoms with E-state index in [1.807, 2.05) is 49.4 Å². The average Bonchev–Trinajstić information content (AvgIpc) is 2.34. The highest BCUT2D eigenvalue weighted by Crippen LogP contribution is 2.34. The molecule has 0 fully saturated rings. The molecule has 0 spiro atoms. The Hall–Kier alpha value is -0.830. The molecule has 17 heavy (non-hydrogen) atoms. The first-order chi connectivity index (χ1) is 8.09. The summed E-state index contributed by atoms with van der Waals surface area (Å²) in [7, 11) is 0. The first-order valence-corrected chi connectivity index (χ1v) is 6.45. The van der Waals surface area contributed by atoms with Gasteiger partial charge in [-0.3, -0.25) is 0 Å². The van der Waals surface area contributed by atoms with Crippen molar-refractivity contribution in [2.45, 2.75) is 13.0 Å². The molecule has 1 atom stereocenters. The summed E-state index contributed by atoms with van der Waals surface area (Å²) in [6, 6.07) is 13.3. The minimum absolute atomic E-state index is 0.562. The number of halogens is 2. The Morgan fingerprint density at radius 2 is 1.82 bits per heavy atom. The molecule has 0 radical (unpaired) electrons. The van der Waals surface area contributed by atoms with Crippen molar-refractivity contribution in [2.24, 2.45) is 0 Å². The van der Waals surface area contributed by atoms with E-state index in [1.54, 1.807) is 0 Å². The van der Waals surface area contributed by atoms with Gasteiger partial charge in [-0.1, -0.05) is 48.0 Å².